The summed E-state index contributed by atoms with van der Waals surface area (Å²) in [6, 6.07) is 5.69. The van der Waals surface area contributed by atoms with Gasteiger partial charge >= 0.3 is 6.09 Å². The van der Waals surface area contributed by atoms with Crippen LogP contribution in [0.1, 0.15) is 79.8 Å². The van der Waals surface area contributed by atoms with Crippen LogP contribution in [0.15, 0.2) is 28.8 Å². The van der Waals surface area contributed by atoms with Crippen LogP contribution in [0.5, 0.6) is 0 Å². The van der Waals surface area contributed by atoms with Crippen LogP contribution < -0.4 is 0 Å². The van der Waals surface area contributed by atoms with Crippen molar-refractivity contribution in [2.24, 2.45) is 15.7 Å². The van der Waals surface area contributed by atoms with Crippen LogP contribution in [0, 0.1) is 11.3 Å². The van der Waals surface area contributed by atoms with Crippen LogP contribution in [-0.4, -0.2) is 48.2 Å². The second-order valence-electron chi connectivity index (χ2n) is 10.6. The third kappa shape index (κ3) is 6.20. The lowest BCUT2D eigenvalue weighted by atomic mass is 9.73. The van der Waals surface area contributed by atoms with Crippen molar-refractivity contribution < 1.29 is 14.5 Å². The maximum atomic E-state index is 12.6. The van der Waals surface area contributed by atoms with Gasteiger partial charge in [-0.15, -0.1) is 0 Å². The van der Waals surface area contributed by atoms with E-state index in [9.17, 15) is 14.5 Å². The zero-order valence-electron chi connectivity index (χ0n) is 19.4. The van der Waals surface area contributed by atoms with E-state index >= 15 is 0 Å². The Morgan fingerprint density at radius 1 is 1.33 bits per heavy atom. The first-order valence-corrected chi connectivity index (χ1v) is 11.8. The van der Waals surface area contributed by atoms with Crippen molar-refractivity contribution in [2.75, 3.05) is 6.54 Å². The van der Waals surface area contributed by atoms with Crippen LogP contribution in [0.4, 0.5) is 4.79 Å². The predicted octanol–water partition coefficient (Wildman–Crippen LogP) is 5.31. The van der Waals surface area contributed by atoms with E-state index in [0.29, 0.717) is 18.9 Å². The number of carboxylic acid groups (broad SMARTS) is 1. The van der Waals surface area contributed by atoms with Gasteiger partial charge in [0.2, 0.25) is 0 Å². The molecule has 1 amide bonds. The van der Waals surface area contributed by atoms with Crippen molar-refractivity contribution >= 4 is 23.2 Å². The Labute approximate surface area is 184 Å². The highest BCUT2D eigenvalue weighted by Gasteiger charge is 2.46. The molecule has 0 spiro atoms. The Bertz CT molecular complexity index is 757. The first-order chi connectivity index (χ1) is 13.7. The lowest BCUT2D eigenvalue weighted by Gasteiger charge is -2.31. The number of likely N-dealkylation sites (tertiary alicyclic amines) is 1. The topological polar surface area (TPSA) is 88.9 Å². The molecule has 0 radical (unpaired) electrons. The first kappa shape index (κ1) is 24.7. The minimum Gasteiger partial charge on any atom is -0.591 e. The summed E-state index contributed by atoms with van der Waals surface area (Å²) in [5.74, 6) is 0.308. The summed E-state index contributed by atoms with van der Waals surface area (Å²) in [5, 5.41) is 9.53. The summed E-state index contributed by atoms with van der Waals surface area (Å²) >= 11 is -1.34. The van der Waals surface area contributed by atoms with Gasteiger partial charge < -0.3 is 14.6 Å². The van der Waals surface area contributed by atoms with Gasteiger partial charge in [0.1, 0.15) is 21.8 Å². The molecule has 1 aliphatic heterocycles. The van der Waals surface area contributed by atoms with Crippen LogP contribution >= 0.6 is 0 Å². The summed E-state index contributed by atoms with van der Waals surface area (Å²) in [5.41, 5.74) is 1.21. The quantitative estimate of drug-likeness (QED) is 0.464. The molecule has 6 nitrogen and oxygen atoms in total. The zero-order valence-corrected chi connectivity index (χ0v) is 20.3. The number of hydrogen-bond acceptors (Lipinski definition) is 4. The van der Waals surface area contributed by atoms with Gasteiger partial charge in [0, 0.05) is 18.3 Å². The molecule has 2 heterocycles. The van der Waals surface area contributed by atoms with Gasteiger partial charge in [0.25, 0.3) is 0 Å². The molecule has 0 aliphatic carbocycles. The van der Waals surface area contributed by atoms with Gasteiger partial charge in [-0.25, -0.2) is 4.79 Å². The Balaban J connectivity index is 2.09. The van der Waals surface area contributed by atoms with E-state index in [1.807, 2.05) is 52.8 Å². The summed E-state index contributed by atoms with van der Waals surface area (Å²) in [4.78, 5) is 17.6. The molecule has 1 saturated heterocycles. The van der Waals surface area contributed by atoms with E-state index < -0.39 is 22.2 Å². The molecule has 1 aromatic rings. The van der Waals surface area contributed by atoms with Crippen LogP contribution in [0.2, 0.25) is 0 Å². The van der Waals surface area contributed by atoms with Gasteiger partial charge in [-0.3, -0.25) is 4.98 Å². The van der Waals surface area contributed by atoms with Gasteiger partial charge in [-0.2, -0.15) is 0 Å². The average molecular weight is 436 g/mol. The molecular formula is C23H37N3O3S. The maximum Gasteiger partial charge on any atom is 0.407 e. The molecule has 30 heavy (non-hydrogen) atoms. The summed E-state index contributed by atoms with van der Waals surface area (Å²) in [6.45, 7) is 14.8. The fourth-order valence-corrected chi connectivity index (χ4v) is 4.67. The van der Waals surface area contributed by atoms with Crippen molar-refractivity contribution in [2.45, 2.75) is 84.4 Å². The van der Waals surface area contributed by atoms with Crippen LogP contribution in [0.25, 0.3) is 0 Å². The van der Waals surface area contributed by atoms with E-state index in [2.05, 4.69) is 23.2 Å². The summed E-state index contributed by atoms with van der Waals surface area (Å²) in [6.07, 6.45) is 4.27. The number of hydrogen-bond donors (Lipinski definition) is 1. The van der Waals surface area contributed by atoms with Crippen molar-refractivity contribution in [3.8, 4) is 0 Å². The molecule has 1 aromatic heterocycles. The number of rotatable bonds is 7. The Kier molecular flexibility index (Phi) is 7.62. The first-order valence-electron chi connectivity index (χ1n) is 10.7. The molecular weight excluding hydrogens is 398 g/mol. The highest BCUT2D eigenvalue weighted by molar-refractivity contribution is 7.91. The average Bonchev–Trinajstić information content (AvgIpc) is 2.97. The fraction of sp³-hybridized carbons (Fsp3) is 0.696. The Hall–Kier alpha value is -1.60. The molecule has 2 rings (SSSR count). The predicted molar refractivity (Wildman–Crippen MR) is 123 cm³/mol. The minimum atomic E-state index is -1.34. The largest absolute Gasteiger partial charge is 0.591 e. The minimum absolute atomic E-state index is 0.000124. The molecule has 1 N–H and O–H groups in total. The molecule has 7 heteroatoms. The van der Waals surface area contributed by atoms with Gasteiger partial charge in [-0.05, 0) is 83.8 Å². The number of nitrogens with zero attached hydrogens (tertiary/aromatic N) is 3. The van der Waals surface area contributed by atoms with Crippen LogP contribution in [-0.2, 0) is 11.4 Å². The van der Waals surface area contributed by atoms with E-state index in [4.69, 9.17) is 0 Å². The molecule has 1 fully saturated rings. The Morgan fingerprint density at radius 2 is 2.00 bits per heavy atom. The highest BCUT2D eigenvalue weighted by atomic mass is 32.2. The second kappa shape index (κ2) is 9.27. The maximum absolute atomic E-state index is 12.6. The zero-order chi connectivity index (χ0) is 22.7. The third-order valence-electron chi connectivity index (χ3n) is 6.13. The number of carbonyl (C=O) groups is 1. The second-order valence-corrected chi connectivity index (χ2v) is 12.5. The van der Waals surface area contributed by atoms with Gasteiger partial charge in [0.05, 0.1) is 5.69 Å². The number of amides is 1. The summed E-state index contributed by atoms with van der Waals surface area (Å²) < 4.78 is 16.7. The van der Waals surface area contributed by atoms with E-state index in [-0.39, 0.29) is 11.0 Å². The van der Waals surface area contributed by atoms with Crippen molar-refractivity contribution in [3.63, 3.8) is 0 Å². The molecule has 1 aliphatic rings. The van der Waals surface area contributed by atoms with Crippen molar-refractivity contribution in [1.82, 2.24) is 9.88 Å². The smallest absolute Gasteiger partial charge is 0.407 e. The molecule has 0 bridgehead atoms. The molecule has 2 atom stereocenters. The van der Waals surface area contributed by atoms with E-state index in [1.54, 1.807) is 11.1 Å². The lowest BCUT2D eigenvalue weighted by Crippen LogP contribution is -2.41. The van der Waals surface area contributed by atoms with Gasteiger partial charge in [-0.1, -0.05) is 24.3 Å². The fourth-order valence-electron chi connectivity index (χ4n) is 4.01. The molecule has 168 valence electrons. The molecule has 0 saturated carbocycles. The van der Waals surface area contributed by atoms with E-state index in [1.165, 1.54) is 0 Å². The van der Waals surface area contributed by atoms with Gasteiger partial charge in [0.15, 0.2) is 0 Å². The summed E-state index contributed by atoms with van der Waals surface area (Å²) in [7, 11) is 0. The van der Waals surface area contributed by atoms with E-state index in [0.717, 1.165) is 30.7 Å². The SMILES string of the molecule is CC(C)(CCCC(=N[S+]([O-])C(C)(C)C)c1ccccn1)[C@H]1CN(C(=O)O)C(C)(C)C1. The standard InChI is InChI=1S/C23H37N3O3S/c1-21(2,3)30(29)25-19(18-11-8-9-14-24-18)12-10-13-22(4,5)17-15-23(6,7)26(16-17)20(27)28/h8-9,11,14,17H,10,12-13,15-16H2,1-7H3,(H,27,28)/t17-,30?/m1/s1. The third-order valence-corrected chi connectivity index (χ3v) is 7.56. The Morgan fingerprint density at radius 3 is 2.50 bits per heavy atom. The van der Waals surface area contributed by atoms with Crippen molar-refractivity contribution in [3.05, 3.63) is 30.1 Å². The monoisotopic (exact) mass is 435 g/mol. The normalized spacial score (nSPS) is 21.0. The molecule has 1 unspecified atom stereocenters. The number of pyridine rings is 1. The van der Waals surface area contributed by atoms with Crippen LogP contribution in [0.3, 0.4) is 0 Å². The lowest BCUT2D eigenvalue weighted by molar-refractivity contribution is 0.115. The molecule has 0 aromatic carbocycles. The van der Waals surface area contributed by atoms with Crippen molar-refractivity contribution in [1.29, 1.82) is 0 Å². The highest BCUT2D eigenvalue weighted by Crippen LogP contribution is 2.44. The number of aromatic nitrogens is 1.